The van der Waals surface area contributed by atoms with Crippen LogP contribution in [0.4, 0.5) is 0 Å². The van der Waals surface area contributed by atoms with Gasteiger partial charge in [0.25, 0.3) is 6.47 Å². The van der Waals surface area contributed by atoms with E-state index in [9.17, 15) is 4.79 Å². The van der Waals surface area contributed by atoms with Gasteiger partial charge in [-0.1, -0.05) is 11.8 Å². The first kappa shape index (κ1) is 13.0. The molecular weight excluding hydrogens is 244 g/mol. The molecular formula is C14H14N2O3. The third kappa shape index (κ3) is 2.68. The molecule has 0 fully saturated rings. The van der Waals surface area contributed by atoms with Crippen molar-refractivity contribution in [3.63, 3.8) is 0 Å². The fourth-order valence-corrected chi connectivity index (χ4v) is 1.79. The molecule has 98 valence electrons. The Bertz CT molecular complexity index is 650. The molecule has 0 unspecified atom stereocenters. The van der Waals surface area contributed by atoms with E-state index in [0.717, 1.165) is 22.2 Å². The summed E-state index contributed by atoms with van der Waals surface area (Å²) in [4.78, 5) is 10.0. The molecule has 0 aliphatic rings. The van der Waals surface area contributed by atoms with Crippen LogP contribution >= 0.6 is 0 Å². The Morgan fingerprint density at radius 2 is 2.32 bits per heavy atom. The maximum Gasteiger partial charge on any atom is 0.293 e. The third-order valence-electron chi connectivity index (χ3n) is 2.73. The fraction of sp³-hybridized carbons (Fsp3) is 0.286. The van der Waals surface area contributed by atoms with Crippen molar-refractivity contribution < 1.29 is 14.3 Å². The number of aryl methyl sites for hydroxylation is 1. The van der Waals surface area contributed by atoms with Gasteiger partial charge >= 0.3 is 0 Å². The first-order valence-electron chi connectivity index (χ1n) is 5.83. The number of aromatic amines is 1. The van der Waals surface area contributed by atoms with Crippen molar-refractivity contribution in [2.24, 2.45) is 0 Å². The van der Waals surface area contributed by atoms with Crippen molar-refractivity contribution in [1.29, 1.82) is 0 Å². The maximum atomic E-state index is 10.0. The highest BCUT2D eigenvalue weighted by Gasteiger charge is 2.10. The average Bonchev–Trinajstić information content (AvgIpc) is 2.80. The zero-order chi connectivity index (χ0) is 13.7. The normalized spacial score (nSPS) is 9.79. The number of carbonyl (C=O) groups excluding carboxylic acids is 1. The van der Waals surface area contributed by atoms with E-state index in [1.807, 2.05) is 19.1 Å². The summed E-state index contributed by atoms with van der Waals surface area (Å²) < 4.78 is 9.88. The summed E-state index contributed by atoms with van der Waals surface area (Å²) in [6.45, 7) is 2.66. The second kappa shape index (κ2) is 5.91. The minimum Gasteiger partial charge on any atom is -0.495 e. The van der Waals surface area contributed by atoms with Gasteiger partial charge in [0.1, 0.15) is 17.9 Å². The molecule has 1 heterocycles. The summed E-state index contributed by atoms with van der Waals surface area (Å²) in [6, 6.07) is 3.82. The number of benzene rings is 1. The predicted octanol–water partition coefficient (Wildman–Crippen LogP) is 1.79. The molecule has 0 amide bonds. The molecule has 1 N–H and O–H groups in total. The van der Waals surface area contributed by atoms with Crippen LogP contribution in [0.1, 0.15) is 17.7 Å². The van der Waals surface area contributed by atoms with E-state index in [2.05, 4.69) is 26.8 Å². The SMILES string of the molecule is COc1ccc2c(C)[nH]nc2c1C#CCCOC=O. The van der Waals surface area contributed by atoms with Crippen LogP contribution in [0.2, 0.25) is 0 Å². The monoisotopic (exact) mass is 258 g/mol. The van der Waals surface area contributed by atoms with Crippen molar-refractivity contribution in [3.05, 3.63) is 23.4 Å². The molecule has 2 rings (SSSR count). The van der Waals surface area contributed by atoms with Crippen molar-refractivity contribution >= 4 is 17.4 Å². The average molecular weight is 258 g/mol. The lowest BCUT2D eigenvalue weighted by molar-refractivity contribution is -0.128. The summed E-state index contributed by atoms with van der Waals surface area (Å²) in [7, 11) is 1.60. The highest BCUT2D eigenvalue weighted by molar-refractivity contribution is 5.88. The van der Waals surface area contributed by atoms with Gasteiger partial charge in [-0.3, -0.25) is 9.89 Å². The van der Waals surface area contributed by atoms with Crippen LogP contribution in [-0.4, -0.2) is 30.4 Å². The number of ether oxygens (including phenoxy) is 2. The van der Waals surface area contributed by atoms with E-state index in [-0.39, 0.29) is 6.61 Å². The number of fused-ring (bicyclic) bond motifs is 1. The van der Waals surface area contributed by atoms with E-state index in [4.69, 9.17) is 4.74 Å². The maximum absolute atomic E-state index is 10.0. The van der Waals surface area contributed by atoms with Gasteiger partial charge in [-0.25, -0.2) is 0 Å². The van der Waals surface area contributed by atoms with Gasteiger partial charge in [0.2, 0.25) is 0 Å². The predicted molar refractivity (Wildman–Crippen MR) is 70.9 cm³/mol. The first-order chi connectivity index (χ1) is 9.27. The number of nitrogens with one attached hydrogen (secondary N) is 1. The molecule has 0 radical (unpaired) electrons. The second-order valence-corrected chi connectivity index (χ2v) is 3.91. The minimum absolute atomic E-state index is 0.286. The Morgan fingerprint density at radius 1 is 1.47 bits per heavy atom. The Labute approximate surface area is 110 Å². The molecule has 0 atom stereocenters. The van der Waals surface area contributed by atoms with Gasteiger partial charge in [-0.15, -0.1) is 0 Å². The van der Waals surface area contributed by atoms with E-state index < -0.39 is 0 Å². The minimum atomic E-state index is 0.286. The zero-order valence-electron chi connectivity index (χ0n) is 10.8. The highest BCUT2D eigenvalue weighted by atomic mass is 16.5. The Balaban J connectivity index is 2.36. The zero-order valence-corrected chi connectivity index (χ0v) is 10.8. The van der Waals surface area contributed by atoms with Crippen LogP contribution in [0.15, 0.2) is 12.1 Å². The van der Waals surface area contributed by atoms with Crippen molar-refractivity contribution in [2.45, 2.75) is 13.3 Å². The van der Waals surface area contributed by atoms with E-state index >= 15 is 0 Å². The van der Waals surface area contributed by atoms with E-state index in [0.29, 0.717) is 18.6 Å². The summed E-state index contributed by atoms with van der Waals surface area (Å²) in [6.07, 6.45) is 0.474. The number of carbonyl (C=O) groups is 1. The highest BCUT2D eigenvalue weighted by Crippen LogP contribution is 2.27. The van der Waals surface area contributed by atoms with Crippen LogP contribution < -0.4 is 4.74 Å². The quantitative estimate of drug-likeness (QED) is 0.516. The molecule has 0 bridgehead atoms. The largest absolute Gasteiger partial charge is 0.495 e. The van der Waals surface area contributed by atoms with E-state index in [1.54, 1.807) is 7.11 Å². The van der Waals surface area contributed by atoms with Crippen LogP contribution in [0, 0.1) is 18.8 Å². The van der Waals surface area contributed by atoms with Crippen LogP contribution in [0.5, 0.6) is 5.75 Å². The molecule has 1 aromatic carbocycles. The van der Waals surface area contributed by atoms with Gasteiger partial charge in [-0.2, -0.15) is 5.10 Å². The Kier molecular flexibility index (Phi) is 4.04. The summed E-state index contributed by atoms with van der Waals surface area (Å²) in [5, 5.41) is 8.20. The lowest BCUT2D eigenvalue weighted by Crippen LogP contribution is -1.91. The number of nitrogens with zero attached hydrogens (tertiary/aromatic N) is 1. The van der Waals surface area contributed by atoms with Crippen molar-refractivity contribution in [2.75, 3.05) is 13.7 Å². The number of hydrogen-bond acceptors (Lipinski definition) is 4. The second-order valence-electron chi connectivity index (χ2n) is 3.91. The van der Waals surface area contributed by atoms with E-state index in [1.165, 1.54) is 0 Å². The molecule has 0 saturated carbocycles. The Hall–Kier alpha value is -2.48. The number of methoxy groups -OCH3 is 1. The molecule has 19 heavy (non-hydrogen) atoms. The van der Waals surface area contributed by atoms with Gasteiger partial charge < -0.3 is 9.47 Å². The Morgan fingerprint density at radius 3 is 3.05 bits per heavy atom. The number of rotatable bonds is 4. The number of H-pyrrole nitrogens is 1. The molecule has 0 saturated heterocycles. The van der Waals surface area contributed by atoms with Crippen LogP contribution in [-0.2, 0) is 9.53 Å². The number of hydrogen-bond donors (Lipinski definition) is 1. The number of aromatic nitrogens is 2. The molecule has 0 aliphatic carbocycles. The van der Waals surface area contributed by atoms with Crippen LogP contribution in [0.25, 0.3) is 10.9 Å². The fourth-order valence-electron chi connectivity index (χ4n) is 1.79. The molecule has 0 aliphatic heterocycles. The van der Waals surface area contributed by atoms with Gasteiger partial charge in [-0.05, 0) is 19.1 Å². The molecule has 5 heteroatoms. The van der Waals surface area contributed by atoms with Crippen molar-refractivity contribution in [3.8, 4) is 17.6 Å². The van der Waals surface area contributed by atoms with Crippen LogP contribution in [0.3, 0.4) is 0 Å². The van der Waals surface area contributed by atoms with Gasteiger partial charge in [0, 0.05) is 17.5 Å². The van der Waals surface area contributed by atoms with Crippen molar-refractivity contribution in [1.82, 2.24) is 10.2 Å². The van der Waals surface area contributed by atoms with Gasteiger partial charge in [0.15, 0.2) is 0 Å². The smallest absolute Gasteiger partial charge is 0.293 e. The lowest BCUT2D eigenvalue weighted by Gasteiger charge is -2.03. The van der Waals surface area contributed by atoms with Gasteiger partial charge in [0.05, 0.1) is 12.7 Å². The summed E-state index contributed by atoms with van der Waals surface area (Å²) in [5.41, 5.74) is 2.53. The summed E-state index contributed by atoms with van der Waals surface area (Å²) in [5.74, 6) is 6.65. The summed E-state index contributed by atoms with van der Waals surface area (Å²) >= 11 is 0. The first-order valence-corrected chi connectivity index (χ1v) is 5.83. The standard InChI is InChI=1S/C14H14N2O3/c1-10-11-6-7-13(18-2)12(14(11)16-15-10)5-3-4-8-19-9-17/h6-7,9H,4,8H2,1-2H3,(H,15,16). The molecule has 0 spiro atoms. The molecule has 5 nitrogen and oxygen atoms in total. The molecule has 1 aromatic heterocycles. The topological polar surface area (TPSA) is 64.2 Å². The molecule has 2 aromatic rings. The third-order valence-corrected chi connectivity index (χ3v) is 2.73. The lowest BCUT2D eigenvalue weighted by atomic mass is 10.1.